The van der Waals surface area contributed by atoms with Crippen molar-refractivity contribution in [1.82, 2.24) is 30.0 Å². The predicted octanol–water partition coefficient (Wildman–Crippen LogP) is 1.22. The molecule has 0 saturated carbocycles. The van der Waals surface area contributed by atoms with E-state index in [4.69, 9.17) is 0 Å². The van der Waals surface area contributed by atoms with Gasteiger partial charge in [-0.15, -0.1) is 5.10 Å². The summed E-state index contributed by atoms with van der Waals surface area (Å²) in [5.74, 6) is 0. The lowest BCUT2D eigenvalue weighted by Gasteiger charge is -2.01. The average molecular weight is 240 g/mol. The third kappa shape index (κ3) is 2.13. The number of tetrazole rings is 1. The average Bonchev–Trinajstić information content (AvgIpc) is 3.02. The maximum absolute atomic E-state index is 4.29. The molecule has 18 heavy (non-hydrogen) atoms. The van der Waals surface area contributed by atoms with Gasteiger partial charge >= 0.3 is 0 Å². The van der Waals surface area contributed by atoms with Crippen LogP contribution < -0.4 is 0 Å². The Morgan fingerprint density at radius 2 is 2.00 bits per heavy atom. The molecular weight excluding hydrogens is 228 g/mol. The largest absolute Gasteiger partial charge is 0.266 e. The van der Waals surface area contributed by atoms with Gasteiger partial charge in [-0.1, -0.05) is 29.8 Å². The minimum absolute atomic E-state index is 0.738. The van der Waals surface area contributed by atoms with Crippen molar-refractivity contribution in [3.8, 4) is 5.69 Å². The molecule has 0 amide bonds. The number of nitrogens with zero attached hydrogens (tertiary/aromatic N) is 6. The molecule has 6 heteroatoms. The highest BCUT2D eigenvalue weighted by Gasteiger charge is 2.02. The van der Waals surface area contributed by atoms with Gasteiger partial charge in [0.25, 0.3) is 0 Å². The Hall–Kier alpha value is -2.50. The summed E-state index contributed by atoms with van der Waals surface area (Å²) in [5.41, 5.74) is 3.33. The molecular formula is C12H12N6. The van der Waals surface area contributed by atoms with E-state index in [0.29, 0.717) is 0 Å². The Morgan fingerprint density at radius 1 is 1.17 bits per heavy atom. The molecule has 0 spiro atoms. The first-order chi connectivity index (χ1) is 8.81. The highest BCUT2D eigenvalue weighted by atomic mass is 15.5. The Kier molecular flexibility index (Phi) is 2.60. The zero-order chi connectivity index (χ0) is 12.4. The number of aromatic nitrogens is 6. The van der Waals surface area contributed by atoms with Crippen LogP contribution in [0.1, 0.15) is 11.1 Å². The van der Waals surface area contributed by atoms with Gasteiger partial charge < -0.3 is 0 Å². The summed E-state index contributed by atoms with van der Waals surface area (Å²) in [4.78, 5) is 0. The Balaban J connectivity index is 1.80. The second-order valence-corrected chi connectivity index (χ2v) is 4.14. The lowest BCUT2D eigenvalue weighted by Crippen LogP contribution is -2.00. The van der Waals surface area contributed by atoms with Crippen molar-refractivity contribution in [3.05, 3.63) is 54.1 Å². The SMILES string of the molecule is Cc1ccc(Cn2cc(-n3cnnn3)cn2)cc1. The van der Waals surface area contributed by atoms with Crippen molar-refractivity contribution in [2.75, 3.05) is 0 Å². The second kappa shape index (κ2) is 4.40. The number of hydrogen-bond donors (Lipinski definition) is 0. The molecule has 0 bridgehead atoms. The fourth-order valence-corrected chi connectivity index (χ4v) is 1.72. The summed E-state index contributed by atoms with van der Waals surface area (Å²) in [6.45, 7) is 2.82. The van der Waals surface area contributed by atoms with Crippen molar-refractivity contribution >= 4 is 0 Å². The van der Waals surface area contributed by atoms with E-state index in [1.807, 2.05) is 10.9 Å². The molecule has 3 rings (SSSR count). The van der Waals surface area contributed by atoms with Crippen LogP contribution in [0, 0.1) is 6.92 Å². The molecule has 0 fully saturated rings. The van der Waals surface area contributed by atoms with E-state index in [0.717, 1.165) is 12.2 Å². The Labute approximate surface area is 104 Å². The van der Waals surface area contributed by atoms with Crippen LogP contribution in [0.25, 0.3) is 5.69 Å². The number of rotatable bonds is 3. The third-order valence-corrected chi connectivity index (χ3v) is 2.70. The molecule has 0 aliphatic carbocycles. The van der Waals surface area contributed by atoms with Crippen molar-refractivity contribution in [3.63, 3.8) is 0 Å². The van der Waals surface area contributed by atoms with E-state index >= 15 is 0 Å². The molecule has 6 nitrogen and oxygen atoms in total. The first-order valence-electron chi connectivity index (χ1n) is 5.62. The first kappa shape index (κ1) is 10.6. The van der Waals surface area contributed by atoms with E-state index in [2.05, 4.69) is 51.8 Å². The Bertz CT molecular complexity index is 623. The maximum Gasteiger partial charge on any atom is 0.144 e. The minimum Gasteiger partial charge on any atom is -0.266 e. The highest BCUT2D eigenvalue weighted by molar-refractivity contribution is 5.24. The minimum atomic E-state index is 0.738. The second-order valence-electron chi connectivity index (χ2n) is 4.14. The Morgan fingerprint density at radius 3 is 2.72 bits per heavy atom. The van der Waals surface area contributed by atoms with E-state index in [1.54, 1.807) is 17.2 Å². The molecule has 3 aromatic rings. The highest BCUT2D eigenvalue weighted by Crippen LogP contribution is 2.07. The number of benzene rings is 1. The standard InChI is InChI=1S/C12H12N6/c1-10-2-4-11(5-3-10)7-17-8-12(6-14-17)18-9-13-15-16-18/h2-6,8-9H,7H2,1H3. The van der Waals surface area contributed by atoms with Gasteiger partial charge in [0.2, 0.25) is 0 Å². The third-order valence-electron chi connectivity index (χ3n) is 2.70. The molecule has 90 valence electrons. The molecule has 1 aromatic carbocycles. The van der Waals surface area contributed by atoms with Gasteiger partial charge in [0, 0.05) is 0 Å². The van der Waals surface area contributed by atoms with E-state index in [1.165, 1.54) is 11.1 Å². The van der Waals surface area contributed by atoms with Crippen molar-refractivity contribution in [2.24, 2.45) is 0 Å². The van der Waals surface area contributed by atoms with Gasteiger partial charge in [-0.05, 0) is 22.9 Å². The topological polar surface area (TPSA) is 61.4 Å². The fourth-order valence-electron chi connectivity index (χ4n) is 1.72. The van der Waals surface area contributed by atoms with Crippen LogP contribution in [-0.4, -0.2) is 30.0 Å². The predicted molar refractivity (Wildman–Crippen MR) is 65.2 cm³/mol. The van der Waals surface area contributed by atoms with Crippen molar-refractivity contribution in [2.45, 2.75) is 13.5 Å². The van der Waals surface area contributed by atoms with Crippen LogP contribution in [0.15, 0.2) is 43.0 Å². The smallest absolute Gasteiger partial charge is 0.144 e. The molecule has 0 atom stereocenters. The van der Waals surface area contributed by atoms with Gasteiger partial charge in [-0.25, -0.2) is 0 Å². The molecule has 2 heterocycles. The number of hydrogen-bond acceptors (Lipinski definition) is 4. The van der Waals surface area contributed by atoms with Crippen molar-refractivity contribution in [1.29, 1.82) is 0 Å². The monoisotopic (exact) mass is 240 g/mol. The summed E-state index contributed by atoms with van der Waals surface area (Å²) in [6.07, 6.45) is 5.20. The normalized spacial score (nSPS) is 10.7. The first-order valence-corrected chi connectivity index (χ1v) is 5.62. The summed E-state index contributed by atoms with van der Waals surface area (Å²) in [6, 6.07) is 8.41. The summed E-state index contributed by atoms with van der Waals surface area (Å²) >= 11 is 0. The zero-order valence-corrected chi connectivity index (χ0v) is 9.93. The van der Waals surface area contributed by atoms with Crippen molar-refractivity contribution < 1.29 is 0 Å². The van der Waals surface area contributed by atoms with E-state index in [-0.39, 0.29) is 0 Å². The van der Waals surface area contributed by atoms with Gasteiger partial charge in [0.05, 0.1) is 18.9 Å². The van der Waals surface area contributed by atoms with Crippen LogP contribution in [0.5, 0.6) is 0 Å². The molecule has 0 unspecified atom stereocenters. The van der Waals surface area contributed by atoms with Crippen LogP contribution in [0.4, 0.5) is 0 Å². The van der Waals surface area contributed by atoms with Gasteiger partial charge in [0.1, 0.15) is 12.0 Å². The van der Waals surface area contributed by atoms with Gasteiger partial charge in [-0.2, -0.15) is 9.78 Å². The van der Waals surface area contributed by atoms with E-state index in [9.17, 15) is 0 Å². The summed E-state index contributed by atoms with van der Waals surface area (Å²) in [5, 5.41) is 15.3. The lowest BCUT2D eigenvalue weighted by molar-refractivity contribution is 0.685. The van der Waals surface area contributed by atoms with Gasteiger partial charge in [-0.3, -0.25) is 4.68 Å². The fraction of sp³-hybridized carbons (Fsp3) is 0.167. The maximum atomic E-state index is 4.29. The summed E-state index contributed by atoms with van der Waals surface area (Å²) < 4.78 is 3.44. The molecule has 0 aliphatic heterocycles. The molecule has 0 aliphatic rings. The quantitative estimate of drug-likeness (QED) is 0.690. The van der Waals surface area contributed by atoms with Crippen LogP contribution in [0.3, 0.4) is 0 Å². The molecule has 0 radical (unpaired) electrons. The molecule has 0 saturated heterocycles. The summed E-state index contributed by atoms with van der Waals surface area (Å²) in [7, 11) is 0. The zero-order valence-electron chi connectivity index (χ0n) is 9.93. The van der Waals surface area contributed by atoms with Crippen LogP contribution in [0.2, 0.25) is 0 Å². The molecule has 2 aromatic heterocycles. The van der Waals surface area contributed by atoms with Gasteiger partial charge in [0.15, 0.2) is 0 Å². The van der Waals surface area contributed by atoms with E-state index < -0.39 is 0 Å². The van der Waals surface area contributed by atoms with Crippen LogP contribution in [-0.2, 0) is 6.54 Å². The number of aryl methyl sites for hydroxylation is 1. The van der Waals surface area contributed by atoms with Crippen LogP contribution >= 0.6 is 0 Å². The molecule has 0 N–H and O–H groups in total. The lowest BCUT2D eigenvalue weighted by atomic mass is 10.1.